The first-order valence-electron chi connectivity index (χ1n) is 6.95. The number of thiophene rings is 1. The Hall–Kier alpha value is -2.03. The van der Waals surface area contributed by atoms with E-state index in [1.807, 2.05) is 17.5 Å². The average molecular weight is 350 g/mol. The minimum Gasteiger partial charge on any atom is -0.274 e. The first-order valence-corrected chi connectivity index (χ1v) is 9.31. The first kappa shape index (κ1) is 15.9. The van der Waals surface area contributed by atoms with Crippen LogP contribution in [-0.2, 0) is 26.2 Å². The summed E-state index contributed by atoms with van der Waals surface area (Å²) in [5, 5.41) is 1.88. The number of carbonyl (C=O) groups is 2. The zero-order chi connectivity index (χ0) is 16.4. The van der Waals surface area contributed by atoms with E-state index in [1.165, 1.54) is 35.6 Å². The van der Waals surface area contributed by atoms with Crippen LogP contribution in [0.15, 0.2) is 46.7 Å². The summed E-state index contributed by atoms with van der Waals surface area (Å²) in [6.45, 7) is 0.227. The zero-order valence-corrected chi connectivity index (χ0v) is 13.7. The number of carbonyl (C=O) groups excluding carboxylic acids is 2. The maximum Gasteiger partial charge on any atom is 0.240 e. The van der Waals surface area contributed by atoms with Crippen LogP contribution in [0.3, 0.4) is 0 Å². The summed E-state index contributed by atoms with van der Waals surface area (Å²) in [7, 11) is -3.64. The highest BCUT2D eigenvalue weighted by atomic mass is 32.2. The molecule has 1 N–H and O–H groups in total. The fourth-order valence-corrected chi connectivity index (χ4v) is 4.04. The number of hydrogen-bond donors (Lipinski definition) is 1. The van der Waals surface area contributed by atoms with E-state index < -0.39 is 10.0 Å². The molecular formula is C15H14N2O4S2. The van der Waals surface area contributed by atoms with Crippen molar-refractivity contribution in [1.29, 1.82) is 0 Å². The molecule has 2 heterocycles. The molecule has 6 nitrogen and oxygen atoms in total. The molecule has 1 aliphatic heterocycles. The quantitative estimate of drug-likeness (QED) is 0.835. The lowest BCUT2D eigenvalue weighted by molar-refractivity contribution is -0.121. The molecule has 8 heteroatoms. The Morgan fingerprint density at radius 3 is 2.26 bits per heavy atom. The summed E-state index contributed by atoms with van der Waals surface area (Å²) in [5.74, 6) is -0.525. The van der Waals surface area contributed by atoms with Gasteiger partial charge in [0.15, 0.2) is 0 Å². The predicted molar refractivity (Wildman–Crippen MR) is 86.5 cm³/mol. The largest absolute Gasteiger partial charge is 0.274 e. The number of amides is 2. The molecule has 2 aromatic rings. The molecule has 0 radical (unpaired) electrons. The Balaban J connectivity index is 1.76. The minimum atomic E-state index is -3.64. The monoisotopic (exact) mass is 350 g/mol. The molecule has 0 spiro atoms. The molecule has 1 aromatic carbocycles. The van der Waals surface area contributed by atoms with E-state index in [0.717, 1.165) is 9.78 Å². The second-order valence-corrected chi connectivity index (χ2v) is 7.82. The van der Waals surface area contributed by atoms with Gasteiger partial charge in [-0.3, -0.25) is 14.5 Å². The Labute approximate surface area is 137 Å². The first-order chi connectivity index (χ1) is 11.0. The Morgan fingerprint density at radius 1 is 1.04 bits per heavy atom. The standard InChI is InChI=1S/C15H14N2O4S2/c18-14-7-8-15(19)17(14)11-3-5-13(6-4-11)23(20,21)16-10-12-2-1-9-22-12/h1-6,9,16H,7-8,10H2. The fourth-order valence-electron chi connectivity index (χ4n) is 2.30. The third-order valence-corrected chi connectivity index (χ3v) is 5.77. The van der Waals surface area contributed by atoms with Gasteiger partial charge in [-0.15, -0.1) is 11.3 Å². The summed E-state index contributed by atoms with van der Waals surface area (Å²) in [6.07, 6.45) is 0.391. The lowest BCUT2D eigenvalue weighted by Crippen LogP contribution is -2.28. The van der Waals surface area contributed by atoms with Crippen molar-refractivity contribution < 1.29 is 18.0 Å². The molecule has 1 aromatic heterocycles. The Morgan fingerprint density at radius 2 is 1.70 bits per heavy atom. The van der Waals surface area contributed by atoms with Gasteiger partial charge in [0.1, 0.15) is 0 Å². The molecule has 1 saturated heterocycles. The van der Waals surface area contributed by atoms with Crippen molar-refractivity contribution in [2.45, 2.75) is 24.3 Å². The highest BCUT2D eigenvalue weighted by Gasteiger charge is 2.30. The second kappa shape index (κ2) is 6.23. The van der Waals surface area contributed by atoms with E-state index in [4.69, 9.17) is 0 Å². The van der Waals surface area contributed by atoms with Gasteiger partial charge in [0.25, 0.3) is 0 Å². The molecule has 120 valence electrons. The van der Waals surface area contributed by atoms with E-state index in [0.29, 0.717) is 5.69 Å². The molecule has 0 aliphatic carbocycles. The molecule has 0 saturated carbocycles. The molecule has 0 unspecified atom stereocenters. The van der Waals surface area contributed by atoms with Crippen molar-refractivity contribution in [2.75, 3.05) is 4.90 Å². The Bertz CT molecular complexity index is 811. The molecule has 0 atom stereocenters. The second-order valence-electron chi connectivity index (χ2n) is 5.02. The van der Waals surface area contributed by atoms with Gasteiger partial charge < -0.3 is 0 Å². The van der Waals surface area contributed by atoms with Crippen molar-refractivity contribution in [1.82, 2.24) is 4.72 Å². The van der Waals surface area contributed by atoms with E-state index in [-0.39, 0.29) is 36.1 Å². The van der Waals surface area contributed by atoms with Crippen LogP contribution in [0.2, 0.25) is 0 Å². The van der Waals surface area contributed by atoms with Gasteiger partial charge in [-0.05, 0) is 35.7 Å². The van der Waals surface area contributed by atoms with Crippen molar-refractivity contribution >= 4 is 38.9 Å². The minimum absolute atomic E-state index is 0.0944. The highest BCUT2D eigenvalue weighted by Crippen LogP contribution is 2.24. The molecule has 2 amide bonds. The fraction of sp³-hybridized carbons (Fsp3) is 0.200. The van der Waals surface area contributed by atoms with Gasteiger partial charge in [-0.1, -0.05) is 6.07 Å². The van der Waals surface area contributed by atoms with Crippen LogP contribution in [-0.4, -0.2) is 20.2 Å². The SMILES string of the molecule is O=C1CCC(=O)N1c1ccc(S(=O)(=O)NCc2cccs2)cc1. The van der Waals surface area contributed by atoms with Crippen LogP contribution in [0.5, 0.6) is 0 Å². The van der Waals surface area contributed by atoms with Crippen LogP contribution >= 0.6 is 11.3 Å². The molecule has 0 bridgehead atoms. The number of imide groups is 1. The van der Waals surface area contributed by atoms with Crippen molar-refractivity contribution in [3.05, 3.63) is 46.7 Å². The maximum atomic E-state index is 12.2. The predicted octanol–water partition coefficient (Wildman–Crippen LogP) is 1.88. The van der Waals surface area contributed by atoms with Crippen LogP contribution in [0.4, 0.5) is 5.69 Å². The van der Waals surface area contributed by atoms with Crippen molar-refractivity contribution in [3.8, 4) is 0 Å². The van der Waals surface area contributed by atoms with Crippen LogP contribution in [0.25, 0.3) is 0 Å². The maximum absolute atomic E-state index is 12.2. The summed E-state index contributed by atoms with van der Waals surface area (Å²) in [4.78, 5) is 25.5. The lowest BCUT2D eigenvalue weighted by atomic mass is 10.3. The Kier molecular flexibility index (Phi) is 4.29. The molecule has 3 rings (SSSR count). The van der Waals surface area contributed by atoms with Gasteiger partial charge in [-0.25, -0.2) is 13.1 Å². The molecule has 23 heavy (non-hydrogen) atoms. The summed E-state index contributed by atoms with van der Waals surface area (Å²) >= 11 is 1.47. The highest BCUT2D eigenvalue weighted by molar-refractivity contribution is 7.89. The number of anilines is 1. The van der Waals surface area contributed by atoms with E-state index >= 15 is 0 Å². The number of sulfonamides is 1. The summed E-state index contributed by atoms with van der Waals surface area (Å²) in [6, 6.07) is 9.44. The van der Waals surface area contributed by atoms with Crippen molar-refractivity contribution in [3.63, 3.8) is 0 Å². The van der Waals surface area contributed by atoms with E-state index in [1.54, 1.807) is 0 Å². The van der Waals surface area contributed by atoms with Crippen LogP contribution in [0, 0.1) is 0 Å². The summed E-state index contributed by atoms with van der Waals surface area (Å²) in [5.41, 5.74) is 0.398. The van der Waals surface area contributed by atoms with Gasteiger partial charge in [0.05, 0.1) is 10.6 Å². The molecule has 1 aliphatic rings. The average Bonchev–Trinajstić information content (AvgIpc) is 3.16. The lowest BCUT2D eigenvalue weighted by Gasteiger charge is -2.14. The number of benzene rings is 1. The summed E-state index contributed by atoms with van der Waals surface area (Å²) < 4.78 is 27.0. The number of hydrogen-bond acceptors (Lipinski definition) is 5. The third kappa shape index (κ3) is 3.34. The number of rotatable bonds is 5. The van der Waals surface area contributed by atoms with Crippen LogP contribution in [0.1, 0.15) is 17.7 Å². The van der Waals surface area contributed by atoms with Gasteiger partial charge in [0.2, 0.25) is 21.8 Å². The van der Waals surface area contributed by atoms with Gasteiger partial charge in [0, 0.05) is 24.3 Å². The van der Waals surface area contributed by atoms with E-state index in [2.05, 4.69) is 4.72 Å². The van der Waals surface area contributed by atoms with E-state index in [9.17, 15) is 18.0 Å². The third-order valence-electron chi connectivity index (χ3n) is 3.47. The topological polar surface area (TPSA) is 83.6 Å². The number of nitrogens with one attached hydrogen (secondary N) is 1. The zero-order valence-electron chi connectivity index (χ0n) is 12.1. The molecule has 1 fully saturated rings. The smallest absolute Gasteiger partial charge is 0.240 e. The number of nitrogens with zero attached hydrogens (tertiary/aromatic N) is 1. The van der Waals surface area contributed by atoms with Gasteiger partial charge >= 0.3 is 0 Å². The molecular weight excluding hydrogens is 336 g/mol. The normalized spacial score (nSPS) is 15.4. The van der Waals surface area contributed by atoms with Crippen molar-refractivity contribution in [2.24, 2.45) is 0 Å². The van der Waals surface area contributed by atoms with Gasteiger partial charge in [-0.2, -0.15) is 0 Å². The van der Waals surface area contributed by atoms with Crippen LogP contribution < -0.4 is 9.62 Å².